The van der Waals surface area contributed by atoms with Crippen LogP contribution in [0.3, 0.4) is 0 Å². The van der Waals surface area contributed by atoms with Crippen LogP contribution in [0.1, 0.15) is 29.8 Å². The van der Waals surface area contributed by atoms with Crippen LogP contribution in [0, 0.1) is 6.92 Å². The van der Waals surface area contributed by atoms with Crippen molar-refractivity contribution >= 4 is 22.3 Å². The summed E-state index contributed by atoms with van der Waals surface area (Å²) in [7, 11) is 1.86. The minimum absolute atomic E-state index is 0.0481. The van der Waals surface area contributed by atoms with E-state index in [9.17, 15) is 4.79 Å². The molecule has 0 aliphatic carbocycles. The highest BCUT2D eigenvalue weighted by molar-refractivity contribution is 6.02. The zero-order valence-corrected chi connectivity index (χ0v) is 18.0. The van der Waals surface area contributed by atoms with Gasteiger partial charge in [-0.1, -0.05) is 48.5 Å². The highest BCUT2D eigenvalue weighted by Crippen LogP contribution is 2.25. The Hall–Kier alpha value is -3.86. The highest BCUT2D eigenvalue weighted by Gasteiger charge is 2.17. The van der Waals surface area contributed by atoms with Gasteiger partial charge in [-0.15, -0.1) is 0 Å². The SMILES string of the molecule is CNc1ccccc1C(N)=N[C@@H](C)c1cc2cccc(C)c2c(=O)n1-c1ccccc1. The molecule has 0 fully saturated rings. The molecule has 1 heterocycles. The Labute approximate surface area is 181 Å². The van der Waals surface area contributed by atoms with E-state index in [1.165, 1.54) is 0 Å². The number of para-hydroxylation sites is 2. The van der Waals surface area contributed by atoms with Gasteiger partial charge in [0.1, 0.15) is 5.84 Å². The number of hydrogen-bond acceptors (Lipinski definition) is 3. The van der Waals surface area contributed by atoms with Crippen LogP contribution in [-0.2, 0) is 0 Å². The normalized spacial score (nSPS) is 12.7. The fourth-order valence-electron chi connectivity index (χ4n) is 3.98. The van der Waals surface area contributed by atoms with Gasteiger partial charge < -0.3 is 11.1 Å². The van der Waals surface area contributed by atoms with E-state index in [1.54, 1.807) is 4.57 Å². The number of anilines is 1. The van der Waals surface area contributed by atoms with Gasteiger partial charge in [-0.2, -0.15) is 0 Å². The summed E-state index contributed by atoms with van der Waals surface area (Å²) in [5.74, 6) is 0.425. The first kappa shape index (κ1) is 20.4. The number of aliphatic imine (C=N–C) groups is 1. The number of nitrogens with zero attached hydrogens (tertiary/aromatic N) is 2. The molecule has 1 atom stereocenters. The van der Waals surface area contributed by atoms with Crippen LogP contribution < -0.4 is 16.6 Å². The van der Waals surface area contributed by atoms with Crippen molar-refractivity contribution in [3.05, 3.63) is 106 Å². The van der Waals surface area contributed by atoms with Gasteiger partial charge >= 0.3 is 0 Å². The lowest BCUT2D eigenvalue weighted by Gasteiger charge is -2.19. The van der Waals surface area contributed by atoms with Crippen molar-refractivity contribution in [2.45, 2.75) is 19.9 Å². The molecule has 3 aromatic carbocycles. The molecule has 4 aromatic rings. The number of amidine groups is 1. The second-order valence-corrected chi connectivity index (χ2v) is 7.57. The summed E-state index contributed by atoms with van der Waals surface area (Å²) in [6.45, 7) is 3.93. The maximum absolute atomic E-state index is 13.6. The van der Waals surface area contributed by atoms with Gasteiger partial charge in [0.05, 0.1) is 17.1 Å². The smallest absolute Gasteiger partial charge is 0.263 e. The molecule has 1 aromatic heterocycles. The van der Waals surface area contributed by atoms with Crippen LogP contribution >= 0.6 is 0 Å². The van der Waals surface area contributed by atoms with Crippen molar-refractivity contribution in [3.63, 3.8) is 0 Å². The number of fused-ring (bicyclic) bond motifs is 1. The van der Waals surface area contributed by atoms with Gasteiger partial charge in [-0.05, 0) is 55.1 Å². The molecule has 0 saturated heterocycles. The molecule has 0 radical (unpaired) electrons. The highest BCUT2D eigenvalue weighted by atomic mass is 16.1. The zero-order chi connectivity index (χ0) is 22.0. The standard InChI is InChI=1S/C26H26N4O/c1-17-10-9-11-19-16-23(30(26(31)24(17)19)20-12-5-4-6-13-20)18(2)29-25(27)21-14-7-8-15-22(21)28-3/h4-16,18,28H,1-3H3,(H2,27,29)/t18-/m0/s1. The molecule has 4 rings (SSSR count). The predicted octanol–water partition coefficient (Wildman–Crippen LogP) is 4.81. The van der Waals surface area contributed by atoms with Gasteiger partial charge in [0, 0.05) is 24.0 Å². The van der Waals surface area contributed by atoms with Crippen LogP contribution in [0.4, 0.5) is 5.69 Å². The number of hydrogen-bond donors (Lipinski definition) is 2. The maximum atomic E-state index is 13.6. The average Bonchev–Trinajstić information content (AvgIpc) is 2.79. The lowest BCUT2D eigenvalue weighted by Crippen LogP contribution is -2.24. The van der Waals surface area contributed by atoms with Crippen molar-refractivity contribution in [2.75, 3.05) is 12.4 Å². The number of rotatable bonds is 5. The lowest BCUT2D eigenvalue weighted by atomic mass is 10.0. The molecule has 5 nitrogen and oxygen atoms in total. The quantitative estimate of drug-likeness (QED) is 0.366. The van der Waals surface area contributed by atoms with Crippen molar-refractivity contribution in [1.82, 2.24) is 4.57 Å². The van der Waals surface area contributed by atoms with Crippen LogP contribution in [0.15, 0.2) is 88.6 Å². The molecule has 0 saturated carbocycles. The summed E-state index contributed by atoms with van der Waals surface area (Å²) in [6.07, 6.45) is 0. The minimum Gasteiger partial charge on any atom is -0.388 e. The van der Waals surface area contributed by atoms with Gasteiger partial charge in [-0.25, -0.2) is 0 Å². The Morgan fingerprint density at radius 3 is 2.45 bits per heavy atom. The third-order valence-corrected chi connectivity index (χ3v) is 5.53. The monoisotopic (exact) mass is 410 g/mol. The largest absolute Gasteiger partial charge is 0.388 e. The second kappa shape index (κ2) is 8.48. The van der Waals surface area contributed by atoms with Crippen LogP contribution in [0.2, 0.25) is 0 Å². The topological polar surface area (TPSA) is 72.4 Å². The van der Waals surface area contributed by atoms with Gasteiger partial charge in [0.25, 0.3) is 5.56 Å². The maximum Gasteiger partial charge on any atom is 0.263 e. The first-order chi connectivity index (χ1) is 15.0. The molecule has 156 valence electrons. The summed E-state index contributed by atoms with van der Waals surface area (Å²) < 4.78 is 1.75. The fourth-order valence-corrected chi connectivity index (χ4v) is 3.98. The number of aryl methyl sites for hydroxylation is 1. The lowest BCUT2D eigenvalue weighted by molar-refractivity contribution is 0.735. The van der Waals surface area contributed by atoms with E-state index < -0.39 is 0 Å². The van der Waals surface area contributed by atoms with E-state index in [4.69, 9.17) is 10.7 Å². The molecule has 0 amide bonds. The molecule has 5 heteroatoms. The van der Waals surface area contributed by atoms with Gasteiger partial charge in [0.2, 0.25) is 0 Å². The zero-order valence-electron chi connectivity index (χ0n) is 18.0. The average molecular weight is 411 g/mol. The summed E-state index contributed by atoms with van der Waals surface area (Å²) in [6, 6.07) is 25.1. The summed E-state index contributed by atoms with van der Waals surface area (Å²) >= 11 is 0. The van der Waals surface area contributed by atoms with Gasteiger partial charge in [0.15, 0.2) is 0 Å². The number of nitrogens with one attached hydrogen (secondary N) is 1. The molecule has 0 aliphatic heterocycles. The third-order valence-electron chi connectivity index (χ3n) is 5.53. The second-order valence-electron chi connectivity index (χ2n) is 7.57. The number of pyridine rings is 1. The molecule has 3 N–H and O–H groups in total. The number of nitrogens with two attached hydrogens (primary N) is 1. The molecule has 0 bridgehead atoms. The molecule has 0 spiro atoms. The summed E-state index contributed by atoms with van der Waals surface area (Å²) in [4.78, 5) is 18.4. The summed E-state index contributed by atoms with van der Waals surface area (Å²) in [5.41, 5.74) is 10.6. The Balaban J connectivity index is 1.93. The van der Waals surface area contributed by atoms with Crippen molar-refractivity contribution in [2.24, 2.45) is 10.7 Å². The van der Waals surface area contributed by atoms with E-state index in [1.807, 2.05) is 99.8 Å². The van der Waals surface area contributed by atoms with Crippen molar-refractivity contribution < 1.29 is 0 Å². The molecular formula is C26H26N4O. The first-order valence-electron chi connectivity index (χ1n) is 10.3. The molecule has 0 unspecified atom stereocenters. The molecule has 31 heavy (non-hydrogen) atoms. The van der Waals surface area contributed by atoms with E-state index in [0.29, 0.717) is 5.84 Å². The fraction of sp³-hybridized carbons (Fsp3) is 0.154. The Kier molecular flexibility index (Phi) is 5.58. The van der Waals surface area contributed by atoms with Crippen molar-refractivity contribution in [1.29, 1.82) is 0 Å². The third kappa shape index (κ3) is 3.82. The minimum atomic E-state index is -0.331. The molecule has 0 aliphatic rings. The number of benzene rings is 3. The summed E-state index contributed by atoms with van der Waals surface area (Å²) in [5, 5.41) is 4.78. The predicted molar refractivity (Wildman–Crippen MR) is 129 cm³/mol. The Bertz CT molecular complexity index is 1320. The first-order valence-corrected chi connectivity index (χ1v) is 10.3. The van der Waals surface area contributed by atoms with E-state index in [0.717, 1.165) is 39.0 Å². The van der Waals surface area contributed by atoms with E-state index >= 15 is 0 Å². The van der Waals surface area contributed by atoms with E-state index in [-0.39, 0.29) is 11.6 Å². The molecular weight excluding hydrogens is 384 g/mol. The Morgan fingerprint density at radius 1 is 1.00 bits per heavy atom. The number of aromatic nitrogens is 1. The van der Waals surface area contributed by atoms with Crippen LogP contribution in [0.5, 0.6) is 0 Å². The van der Waals surface area contributed by atoms with E-state index in [2.05, 4.69) is 5.32 Å². The van der Waals surface area contributed by atoms with Gasteiger partial charge in [-0.3, -0.25) is 14.4 Å². The Morgan fingerprint density at radius 2 is 1.71 bits per heavy atom. The van der Waals surface area contributed by atoms with Crippen LogP contribution in [-0.4, -0.2) is 17.5 Å². The van der Waals surface area contributed by atoms with Crippen LogP contribution in [0.25, 0.3) is 16.5 Å². The van der Waals surface area contributed by atoms with Crippen molar-refractivity contribution in [3.8, 4) is 5.69 Å².